The molecule has 3 aromatic rings. The number of benzene rings is 2. The van der Waals surface area contributed by atoms with E-state index in [1.54, 1.807) is 13.1 Å². The third-order valence-electron chi connectivity index (χ3n) is 6.13. The highest BCUT2D eigenvalue weighted by Gasteiger charge is 2.20. The fourth-order valence-electron chi connectivity index (χ4n) is 4.34. The van der Waals surface area contributed by atoms with Crippen LogP contribution < -0.4 is 10.6 Å². The lowest BCUT2D eigenvalue weighted by Gasteiger charge is -2.33. The summed E-state index contributed by atoms with van der Waals surface area (Å²) in [5.41, 5.74) is 3.34. The van der Waals surface area contributed by atoms with Gasteiger partial charge in [-0.25, -0.2) is 8.78 Å². The zero-order valence-corrected chi connectivity index (χ0v) is 18.5. The third-order valence-corrected chi connectivity index (χ3v) is 6.13. The molecule has 1 saturated heterocycles. The molecule has 1 aliphatic heterocycles. The molecule has 4 rings (SSSR count). The van der Waals surface area contributed by atoms with Crippen LogP contribution >= 0.6 is 0 Å². The number of halogens is 2. The number of aromatic nitrogens is 1. The number of nitrogens with one attached hydrogen (secondary N) is 3. The monoisotopic (exact) mass is 439 g/mol. The van der Waals surface area contributed by atoms with Crippen LogP contribution in [0.5, 0.6) is 0 Å². The van der Waals surface area contributed by atoms with Crippen molar-refractivity contribution in [1.29, 1.82) is 0 Å². The van der Waals surface area contributed by atoms with Crippen molar-refractivity contribution in [3.63, 3.8) is 0 Å². The molecule has 0 bridgehead atoms. The van der Waals surface area contributed by atoms with E-state index in [4.69, 9.17) is 0 Å². The molecule has 2 heterocycles. The standard InChI is InChI=1S/C25H31F2N5/c1-28-25(29-12-4-5-19-16-30-24-7-3-2-6-21(19)24)31-20-10-13-32(14-11-20)17-18-8-9-22(26)23(27)15-18/h2-3,6-9,15-16,20,30H,4-5,10-14,17H2,1H3,(H2,28,29,31). The van der Waals surface area contributed by atoms with Crippen LogP contribution in [0.1, 0.15) is 30.4 Å². The number of rotatable bonds is 7. The Balaban J connectivity index is 1.17. The molecule has 1 fully saturated rings. The van der Waals surface area contributed by atoms with Gasteiger partial charge in [-0.15, -0.1) is 0 Å². The molecule has 0 saturated carbocycles. The Morgan fingerprint density at radius 3 is 2.72 bits per heavy atom. The Hall–Kier alpha value is -2.93. The quantitative estimate of drug-likeness (QED) is 0.294. The highest BCUT2D eigenvalue weighted by atomic mass is 19.2. The van der Waals surface area contributed by atoms with E-state index in [0.717, 1.165) is 56.8 Å². The van der Waals surface area contributed by atoms with Gasteiger partial charge in [-0.05, 0) is 55.0 Å². The molecule has 0 aliphatic carbocycles. The van der Waals surface area contributed by atoms with E-state index in [1.807, 2.05) is 6.07 Å². The number of aryl methyl sites for hydroxylation is 1. The van der Waals surface area contributed by atoms with E-state index >= 15 is 0 Å². The second-order valence-corrected chi connectivity index (χ2v) is 8.41. The van der Waals surface area contributed by atoms with Gasteiger partial charge in [-0.2, -0.15) is 0 Å². The van der Waals surface area contributed by atoms with Crippen molar-refractivity contribution in [3.8, 4) is 0 Å². The number of aromatic amines is 1. The third kappa shape index (κ3) is 5.65. The second-order valence-electron chi connectivity index (χ2n) is 8.41. The molecule has 0 amide bonds. The first kappa shape index (κ1) is 22.3. The molecule has 0 spiro atoms. The van der Waals surface area contributed by atoms with E-state index in [-0.39, 0.29) is 0 Å². The van der Waals surface area contributed by atoms with Gasteiger partial charge < -0.3 is 15.6 Å². The summed E-state index contributed by atoms with van der Waals surface area (Å²) in [6, 6.07) is 12.9. The maximum absolute atomic E-state index is 13.4. The molecular formula is C25H31F2N5. The Bertz CT molecular complexity index is 1050. The van der Waals surface area contributed by atoms with Crippen LogP contribution in [0.25, 0.3) is 10.9 Å². The smallest absolute Gasteiger partial charge is 0.191 e. The number of nitrogens with zero attached hydrogens (tertiary/aromatic N) is 2. The number of guanidine groups is 1. The van der Waals surface area contributed by atoms with Crippen molar-refractivity contribution in [2.75, 3.05) is 26.7 Å². The van der Waals surface area contributed by atoms with Crippen LogP contribution in [0.4, 0.5) is 8.78 Å². The van der Waals surface area contributed by atoms with Gasteiger partial charge in [-0.3, -0.25) is 9.89 Å². The van der Waals surface area contributed by atoms with Gasteiger partial charge in [0, 0.05) is 56.4 Å². The van der Waals surface area contributed by atoms with Crippen molar-refractivity contribution in [2.45, 2.75) is 38.3 Å². The van der Waals surface area contributed by atoms with Crippen molar-refractivity contribution >= 4 is 16.9 Å². The fourth-order valence-corrected chi connectivity index (χ4v) is 4.34. The fraction of sp³-hybridized carbons (Fsp3) is 0.400. The number of hydrogen-bond acceptors (Lipinski definition) is 2. The molecule has 170 valence electrons. The molecular weight excluding hydrogens is 408 g/mol. The maximum atomic E-state index is 13.4. The number of piperidine rings is 1. The number of H-pyrrole nitrogens is 1. The van der Waals surface area contributed by atoms with Crippen molar-refractivity contribution in [1.82, 2.24) is 20.5 Å². The SMILES string of the molecule is CN=C(NCCCc1c[nH]c2ccccc12)NC1CCN(Cc2ccc(F)c(F)c2)CC1. The van der Waals surface area contributed by atoms with Crippen LogP contribution in [0.2, 0.25) is 0 Å². The summed E-state index contributed by atoms with van der Waals surface area (Å²) in [4.78, 5) is 9.98. The molecule has 32 heavy (non-hydrogen) atoms. The highest BCUT2D eigenvalue weighted by molar-refractivity contribution is 5.83. The Labute approximate surface area is 187 Å². The number of para-hydroxylation sites is 1. The van der Waals surface area contributed by atoms with Gasteiger partial charge in [0.25, 0.3) is 0 Å². The zero-order chi connectivity index (χ0) is 22.3. The average molecular weight is 440 g/mol. The Kier molecular flexibility index (Phi) is 7.37. The minimum absolute atomic E-state index is 0.357. The van der Waals surface area contributed by atoms with Crippen molar-refractivity contribution in [2.24, 2.45) is 4.99 Å². The Morgan fingerprint density at radius 2 is 1.94 bits per heavy atom. The number of aliphatic imine (C=N–C) groups is 1. The lowest BCUT2D eigenvalue weighted by atomic mass is 10.0. The lowest BCUT2D eigenvalue weighted by Crippen LogP contribution is -2.48. The summed E-state index contributed by atoms with van der Waals surface area (Å²) in [6.45, 7) is 3.32. The lowest BCUT2D eigenvalue weighted by molar-refractivity contribution is 0.198. The number of likely N-dealkylation sites (tertiary alicyclic amines) is 1. The van der Waals surface area contributed by atoms with Crippen LogP contribution in [0.15, 0.2) is 53.7 Å². The van der Waals surface area contributed by atoms with Gasteiger partial charge in [0.1, 0.15) is 0 Å². The number of fused-ring (bicyclic) bond motifs is 1. The largest absolute Gasteiger partial charge is 0.361 e. The van der Waals surface area contributed by atoms with E-state index in [0.29, 0.717) is 12.6 Å². The highest BCUT2D eigenvalue weighted by Crippen LogP contribution is 2.19. The molecule has 0 radical (unpaired) electrons. The predicted molar refractivity (Wildman–Crippen MR) is 126 cm³/mol. The summed E-state index contributed by atoms with van der Waals surface area (Å²) in [7, 11) is 1.80. The second kappa shape index (κ2) is 10.6. The van der Waals surface area contributed by atoms with Crippen LogP contribution in [-0.2, 0) is 13.0 Å². The molecule has 5 nitrogen and oxygen atoms in total. The molecule has 7 heteroatoms. The topological polar surface area (TPSA) is 55.5 Å². The van der Waals surface area contributed by atoms with Crippen molar-refractivity contribution < 1.29 is 8.78 Å². The van der Waals surface area contributed by atoms with Crippen LogP contribution in [-0.4, -0.2) is 48.6 Å². The summed E-state index contributed by atoms with van der Waals surface area (Å²) in [6.07, 6.45) is 6.11. The summed E-state index contributed by atoms with van der Waals surface area (Å²) in [5.74, 6) is -0.737. The summed E-state index contributed by atoms with van der Waals surface area (Å²) >= 11 is 0. The van der Waals surface area contributed by atoms with E-state index < -0.39 is 11.6 Å². The average Bonchev–Trinajstić information content (AvgIpc) is 3.22. The molecule has 2 aromatic carbocycles. The van der Waals surface area contributed by atoms with Crippen LogP contribution in [0.3, 0.4) is 0 Å². The molecule has 3 N–H and O–H groups in total. The zero-order valence-electron chi connectivity index (χ0n) is 18.5. The minimum Gasteiger partial charge on any atom is -0.361 e. The van der Waals surface area contributed by atoms with Gasteiger partial charge in [-0.1, -0.05) is 24.3 Å². The van der Waals surface area contributed by atoms with Gasteiger partial charge >= 0.3 is 0 Å². The van der Waals surface area contributed by atoms with E-state index in [2.05, 4.69) is 49.9 Å². The Morgan fingerprint density at radius 1 is 1.12 bits per heavy atom. The molecule has 0 unspecified atom stereocenters. The number of hydrogen-bond donors (Lipinski definition) is 3. The van der Waals surface area contributed by atoms with Gasteiger partial charge in [0.05, 0.1) is 0 Å². The molecule has 1 aliphatic rings. The summed E-state index contributed by atoms with van der Waals surface area (Å²) in [5, 5.41) is 8.25. The van der Waals surface area contributed by atoms with Gasteiger partial charge in [0.2, 0.25) is 0 Å². The van der Waals surface area contributed by atoms with E-state index in [1.165, 1.54) is 28.6 Å². The van der Waals surface area contributed by atoms with Gasteiger partial charge in [0.15, 0.2) is 17.6 Å². The normalized spacial score (nSPS) is 15.9. The molecule has 1 aromatic heterocycles. The molecule has 0 atom stereocenters. The first-order valence-electron chi connectivity index (χ1n) is 11.3. The van der Waals surface area contributed by atoms with Crippen molar-refractivity contribution in [3.05, 3.63) is 71.4 Å². The van der Waals surface area contributed by atoms with Crippen LogP contribution in [0, 0.1) is 11.6 Å². The van der Waals surface area contributed by atoms with E-state index in [9.17, 15) is 8.78 Å². The minimum atomic E-state index is -0.794. The summed E-state index contributed by atoms with van der Waals surface area (Å²) < 4.78 is 26.5. The predicted octanol–water partition coefficient (Wildman–Crippen LogP) is 4.21. The maximum Gasteiger partial charge on any atom is 0.191 e. The first-order valence-corrected chi connectivity index (χ1v) is 11.3. The first-order chi connectivity index (χ1) is 15.6.